The average molecular weight is 405 g/mol. The highest BCUT2D eigenvalue weighted by atomic mass is 16.5. The normalized spacial score (nSPS) is 19.1. The molecular formula is C22H32N2O5. The summed E-state index contributed by atoms with van der Waals surface area (Å²) in [6, 6.07) is 9.53. The number of benzene rings is 1. The number of nitrogens with one attached hydrogen (secondary N) is 2. The summed E-state index contributed by atoms with van der Waals surface area (Å²) in [4.78, 5) is 35.8. The molecule has 1 aliphatic rings. The van der Waals surface area contributed by atoms with Crippen molar-refractivity contribution in [1.82, 2.24) is 10.6 Å². The van der Waals surface area contributed by atoms with Crippen LogP contribution in [0.25, 0.3) is 0 Å². The first-order valence-corrected chi connectivity index (χ1v) is 10.1. The van der Waals surface area contributed by atoms with Crippen LogP contribution in [0.3, 0.4) is 0 Å². The van der Waals surface area contributed by atoms with Crippen LogP contribution in [-0.4, -0.2) is 31.2 Å². The second kappa shape index (κ2) is 10.8. The fraction of sp³-hybridized carbons (Fsp3) is 0.591. The molecule has 0 aliphatic heterocycles. The minimum Gasteiger partial charge on any atom is -0.445 e. The Balaban J connectivity index is 1.59. The van der Waals surface area contributed by atoms with Crippen LogP contribution in [0.1, 0.15) is 52.0 Å². The summed E-state index contributed by atoms with van der Waals surface area (Å²) in [7, 11) is 0. The van der Waals surface area contributed by atoms with Crippen molar-refractivity contribution in [3.05, 3.63) is 35.9 Å². The predicted octanol–water partition coefficient (Wildman–Crippen LogP) is 3.38. The van der Waals surface area contributed by atoms with Crippen LogP contribution in [0.2, 0.25) is 0 Å². The maximum absolute atomic E-state index is 12.2. The lowest BCUT2D eigenvalue weighted by atomic mass is 9.82. The van der Waals surface area contributed by atoms with Crippen molar-refractivity contribution in [2.45, 2.75) is 53.1 Å². The van der Waals surface area contributed by atoms with Gasteiger partial charge in [-0.15, -0.1) is 0 Å². The van der Waals surface area contributed by atoms with Crippen molar-refractivity contribution in [3.63, 3.8) is 0 Å². The average Bonchev–Trinajstić information content (AvgIpc) is 2.71. The first kappa shape index (κ1) is 22.7. The minimum atomic E-state index is -0.514. The van der Waals surface area contributed by atoms with Crippen LogP contribution in [0.5, 0.6) is 0 Å². The standard InChI is InChI=1S/C22H32N2O5/c1-22(2,3)20(26)24-15-29-19(25)18-11-9-16(10-12-18)13-23-21(27)28-14-17-7-5-4-6-8-17/h4-8,16,18H,9-15H2,1-3H3,(H,23,27)(H,24,26). The lowest BCUT2D eigenvalue weighted by molar-refractivity contribution is -0.152. The molecule has 29 heavy (non-hydrogen) atoms. The van der Waals surface area contributed by atoms with E-state index in [1.165, 1.54) is 0 Å². The van der Waals surface area contributed by atoms with E-state index in [4.69, 9.17) is 9.47 Å². The van der Waals surface area contributed by atoms with Crippen molar-refractivity contribution in [2.24, 2.45) is 17.3 Å². The molecule has 2 amide bonds. The molecule has 0 aromatic heterocycles. The topological polar surface area (TPSA) is 93.7 Å². The highest BCUT2D eigenvalue weighted by molar-refractivity contribution is 5.81. The molecule has 2 rings (SSSR count). The molecule has 0 bridgehead atoms. The summed E-state index contributed by atoms with van der Waals surface area (Å²) in [5.41, 5.74) is 0.431. The van der Waals surface area contributed by atoms with E-state index < -0.39 is 11.5 Å². The Labute approximate surface area is 172 Å². The number of amides is 2. The van der Waals surface area contributed by atoms with Crippen molar-refractivity contribution < 1.29 is 23.9 Å². The summed E-state index contributed by atoms with van der Waals surface area (Å²) in [5.74, 6) is -0.251. The molecule has 7 heteroatoms. The van der Waals surface area contributed by atoms with Gasteiger partial charge in [0.15, 0.2) is 6.73 Å². The van der Waals surface area contributed by atoms with E-state index in [9.17, 15) is 14.4 Å². The summed E-state index contributed by atoms with van der Waals surface area (Å²) in [6.45, 7) is 6.10. The van der Waals surface area contributed by atoms with Gasteiger partial charge >= 0.3 is 12.1 Å². The second-order valence-corrected chi connectivity index (χ2v) is 8.52. The van der Waals surface area contributed by atoms with E-state index in [0.717, 1.165) is 31.2 Å². The minimum absolute atomic E-state index is 0.0936. The number of ether oxygens (including phenoxy) is 2. The van der Waals surface area contributed by atoms with Gasteiger partial charge in [-0.05, 0) is 37.2 Å². The molecule has 0 unspecified atom stereocenters. The lowest BCUT2D eigenvalue weighted by Gasteiger charge is -2.27. The van der Waals surface area contributed by atoms with Gasteiger partial charge < -0.3 is 20.1 Å². The van der Waals surface area contributed by atoms with E-state index in [1.807, 2.05) is 30.3 Å². The smallest absolute Gasteiger partial charge is 0.407 e. The molecule has 1 fully saturated rings. The number of hydrogen-bond acceptors (Lipinski definition) is 5. The summed E-state index contributed by atoms with van der Waals surface area (Å²) in [6.07, 6.45) is 2.69. The predicted molar refractivity (Wildman–Crippen MR) is 109 cm³/mol. The van der Waals surface area contributed by atoms with Gasteiger partial charge in [-0.25, -0.2) is 4.79 Å². The lowest BCUT2D eigenvalue weighted by Crippen LogP contribution is -2.38. The Hall–Kier alpha value is -2.57. The zero-order valence-corrected chi connectivity index (χ0v) is 17.5. The highest BCUT2D eigenvalue weighted by Gasteiger charge is 2.28. The Morgan fingerprint density at radius 2 is 1.62 bits per heavy atom. The van der Waals surface area contributed by atoms with Gasteiger partial charge in [0, 0.05) is 12.0 Å². The van der Waals surface area contributed by atoms with Gasteiger partial charge in [-0.1, -0.05) is 51.1 Å². The summed E-state index contributed by atoms with van der Waals surface area (Å²) in [5, 5.41) is 5.42. The van der Waals surface area contributed by atoms with E-state index >= 15 is 0 Å². The van der Waals surface area contributed by atoms with Crippen LogP contribution < -0.4 is 10.6 Å². The SMILES string of the molecule is CC(C)(C)C(=O)NCOC(=O)C1CCC(CNC(=O)OCc2ccccc2)CC1. The van der Waals surface area contributed by atoms with Crippen molar-refractivity contribution in [2.75, 3.05) is 13.3 Å². The van der Waals surface area contributed by atoms with Crippen molar-refractivity contribution in [1.29, 1.82) is 0 Å². The molecule has 0 atom stereocenters. The maximum Gasteiger partial charge on any atom is 0.407 e. The van der Waals surface area contributed by atoms with E-state index in [1.54, 1.807) is 20.8 Å². The molecule has 7 nitrogen and oxygen atoms in total. The fourth-order valence-electron chi connectivity index (χ4n) is 3.16. The molecule has 0 heterocycles. The Morgan fingerprint density at radius 3 is 2.24 bits per heavy atom. The van der Waals surface area contributed by atoms with Crippen LogP contribution in [0, 0.1) is 17.3 Å². The molecule has 0 saturated heterocycles. The van der Waals surface area contributed by atoms with Gasteiger partial charge in [0.1, 0.15) is 6.61 Å². The molecule has 1 saturated carbocycles. The largest absolute Gasteiger partial charge is 0.445 e. The van der Waals surface area contributed by atoms with E-state index in [2.05, 4.69) is 10.6 Å². The summed E-state index contributed by atoms with van der Waals surface area (Å²) >= 11 is 0. The van der Waals surface area contributed by atoms with Crippen LogP contribution >= 0.6 is 0 Å². The molecule has 160 valence electrons. The first-order chi connectivity index (χ1) is 13.8. The molecule has 0 radical (unpaired) electrons. The molecule has 0 spiro atoms. The molecule has 1 aliphatic carbocycles. The molecule has 1 aromatic rings. The zero-order chi connectivity index (χ0) is 21.3. The Kier molecular flexibility index (Phi) is 8.49. The van der Waals surface area contributed by atoms with Crippen LogP contribution in [0.4, 0.5) is 4.79 Å². The number of rotatable bonds is 7. The van der Waals surface area contributed by atoms with E-state index in [0.29, 0.717) is 12.5 Å². The van der Waals surface area contributed by atoms with Crippen molar-refractivity contribution >= 4 is 18.0 Å². The third-order valence-electron chi connectivity index (χ3n) is 5.06. The number of carbonyl (C=O) groups excluding carboxylic acids is 3. The number of esters is 1. The van der Waals surface area contributed by atoms with Crippen molar-refractivity contribution in [3.8, 4) is 0 Å². The monoisotopic (exact) mass is 404 g/mol. The van der Waals surface area contributed by atoms with Gasteiger partial charge in [0.25, 0.3) is 0 Å². The third-order valence-corrected chi connectivity index (χ3v) is 5.06. The highest BCUT2D eigenvalue weighted by Crippen LogP contribution is 2.29. The van der Waals surface area contributed by atoms with Gasteiger partial charge in [0.05, 0.1) is 5.92 Å². The maximum atomic E-state index is 12.2. The number of alkyl carbamates (subject to hydrolysis) is 1. The van der Waals surface area contributed by atoms with Gasteiger partial charge in [0.2, 0.25) is 5.91 Å². The third kappa shape index (κ3) is 8.13. The van der Waals surface area contributed by atoms with Crippen LogP contribution in [-0.2, 0) is 25.7 Å². The number of carbonyl (C=O) groups is 3. The van der Waals surface area contributed by atoms with Crippen LogP contribution in [0.15, 0.2) is 30.3 Å². The summed E-state index contributed by atoms with van der Waals surface area (Å²) < 4.78 is 10.4. The fourth-order valence-corrected chi connectivity index (χ4v) is 3.16. The quantitative estimate of drug-likeness (QED) is 0.537. The molecule has 2 N–H and O–H groups in total. The first-order valence-electron chi connectivity index (χ1n) is 10.1. The Bertz CT molecular complexity index is 676. The molecule has 1 aromatic carbocycles. The Morgan fingerprint density at radius 1 is 0.966 bits per heavy atom. The van der Waals surface area contributed by atoms with Gasteiger partial charge in [-0.3, -0.25) is 9.59 Å². The number of hydrogen-bond donors (Lipinski definition) is 2. The van der Waals surface area contributed by atoms with E-state index in [-0.39, 0.29) is 31.1 Å². The van der Waals surface area contributed by atoms with Gasteiger partial charge in [-0.2, -0.15) is 0 Å². The second-order valence-electron chi connectivity index (χ2n) is 8.52. The zero-order valence-electron chi connectivity index (χ0n) is 17.5. The molecular weight excluding hydrogens is 372 g/mol.